The second-order valence-electron chi connectivity index (χ2n) is 6.64. The Balaban J connectivity index is 2.22. The van der Waals surface area contributed by atoms with Crippen molar-refractivity contribution < 1.29 is 8.42 Å². The normalized spacial score (nSPS) is 22.2. The van der Waals surface area contributed by atoms with Crippen LogP contribution in [0.1, 0.15) is 24.0 Å². The van der Waals surface area contributed by atoms with Crippen molar-refractivity contribution >= 4 is 15.7 Å². The molecule has 2 aromatic rings. The van der Waals surface area contributed by atoms with Crippen LogP contribution in [0.2, 0.25) is 0 Å². The molecule has 26 heavy (non-hydrogen) atoms. The van der Waals surface area contributed by atoms with Crippen molar-refractivity contribution in [2.24, 2.45) is 5.11 Å². The van der Waals surface area contributed by atoms with Gasteiger partial charge in [-0.05, 0) is 36.2 Å². The Morgan fingerprint density at radius 1 is 1.27 bits per heavy atom. The number of azide groups is 1. The SMILES string of the molecule is C=C[C@H]1c2ccccc2N(S(=O)(=O)c2ccc(C)cc2)C[C@@]1(C)N=[N+]=[N-]. The maximum atomic E-state index is 13.3. The van der Waals surface area contributed by atoms with Gasteiger partial charge in [-0.25, -0.2) is 8.42 Å². The van der Waals surface area contributed by atoms with E-state index in [0.29, 0.717) is 5.69 Å². The number of para-hydroxylation sites is 1. The minimum Gasteiger partial charge on any atom is -0.265 e. The number of sulfonamides is 1. The molecule has 0 aliphatic carbocycles. The molecule has 0 amide bonds. The molecule has 0 aromatic heterocycles. The molecule has 1 aliphatic rings. The van der Waals surface area contributed by atoms with Crippen LogP contribution in [0, 0.1) is 6.92 Å². The molecule has 0 bridgehead atoms. The lowest BCUT2D eigenvalue weighted by atomic mass is 9.77. The molecule has 1 heterocycles. The Hall–Kier alpha value is -2.76. The fourth-order valence-corrected chi connectivity index (χ4v) is 5.01. The summed E-state index contributed by atoms with van der Waals surface area (Å²) in [4.78, 5) is 3.17. The summed E-state index contributed by atoms with van der Waals surface area (Å²) in [7, 11) is -3.80. The van der Waals surface area contributed by atoms with Crippen LogP contribution in [-0.4, -0.2) is 20.5 Å². The summed E-state index contributed by atoms with van der Waals surface area (Å²) in [6, 6.07) is 14.0. The predicted molar refractivity (Wildman–Crippen MR) is 103 cm³/mol. The first-order chi connectivity index (χ1) is 12.3. The third-order valence-electron chi connectivity index (χ3n) is 4.79. The Labute approximate surface area is 153 Å². The van der Waals surface area contributed by atoms with Crippen LogP contribution in [0.4, 0.5) is 5.69 Å². The number of hydrogen-bond donors (Lipinski definition) is 0. The number of hydrogen-bond acceptors (Lipinski definition) is 3. The van der Waals surface area contributed by atoms with E-state index < -0.39 is 15.6 Å². The monoisotopic (exact) mass is 368 g/mol. The zero-order valence-corrected chi connectivity index (χ0v) is 15.5. The molecular formula is C19H20N4O2S. The van der Waals surface area contributed by atoms with Crippen LogP contribution in [0.5, 0.6) is 0 Å². The summed E-state index contributed by atoms with van der Waals surface area (Å²) >= 11 is 0. The largest absolute Gasteiger partial charge is 0.265 e. The van der Waals surface area contributed by atoms with Crippen molar-refractivity contribution in [3.05, 3.63) is 82.8 Å². The maximum absolute atomic E-state index is 13.3. The van der Waals surface area contributed by atoms with Gasteiger partial charge in [0.2, 0.25) is 0 Å². The van der Waals surface area contributed by atoms with Crippen molar-refractivity contribution in [1.29, 1.82) is 0 Å². The van der Waals surface area contributed by atoms with E-state index in [9.17, 15) is 8.42 Å². The molecule has 0 spiro atoms. The number of anilines is 1. The fraction of sp³-hybridized carbons (Fsp3) is 0.263. The van der Waals surface area contributed by atoms with E-state index in [1.807, 2.05) is 19.1 Å². The second-order valence-corrected chi connectivity index (χ2v) is 8.51. The zero-order chi connectivity index (χ0) is 18.9. The van der Waals surface area contributed by atoms with Gasteiger partial charge in [0.15, 0.2) is 0 Å². The molecule has 0 saturated carbocycles. The summed E-state index contributed by atoms with van der Waals surface area (Å²) in [5, 5.41) is 3.94. The third-order valence-corrected chi connectivity index (χ3v) is 6.57. The summed E-state index contributed by atoms with van der Waals surface area (Å²) < 4.78 is 28.0. The van der Waals surface area contributed by atoms with Gasteiger partial charge < -0.3 is 0 Å². The molecule has 0 unspecified atom stereocenters. The molecule has 7 heteroatoms. The van der Waals surface area contributed by atoms with Gasteiger partial charge >= 0.3 is 0 Å². The van der Waals surface area contributed by atoms with Crippen molar-refractivity contribution in [3.63, 3.8) is 0 Å². The van der Waals surface area contributed by atoms with Crippen molar-refractivity contribution in [1.82, 2.24) is 0 Å². The van der Waals surface area contributed by atoms with Gasteiger partial charge in [0.1, 0.15) is 0 Å². The number of rotatable bonds is 4. The van der Waals surface area contributed by atoms with Crippen LogP contribution in [0.3, 0.4) is 0 Å². The van der Waals surface area contributed by atoms with E-state index in [-0.39, 0.29) is 17.4 Å². The Morgan fingerprint density at radius 2 is 1.92 bits per heavy atom. The van der Waals surface area contributed by atoms with E-state index in [1.165, 1.54) is 4.31 Å². The highest BCUT2D eigenvalue weighted by atomic mass is 32.2. The van der Waals surface area contributed by atoms with Gasteiger partial charge in [0.25, 0.3) is 10.0 Å². The first-order valence-electron chi connectivity index (χ1n) is 8.20. The minimum atomic E-state index is -3.80. The Bertz CT molecular complexity index is 994. The first-order valence-corrected chi connectivity index (χ1v) is 9.64. The van der Waals surface area contributed by atoms with Crippen LogP contribution < -0.4 is 4.31 Å². The highest BCUT2D eigenvalue weighted by molar-refractivity contribution is 7.92. The second kappa shape index (κ2) is 6.52. The molecule has 0 radical (unpaired) electrons. The lowest BCUT2D eigenvalue weighted by Gasteiger charge is -2.43. The molecule has 0 N–H and O–H groups in total. The average molecular weight is 368 g/mol. The van der Waals surface area contributed by atoms with Crippen LogP contribution in [0.15, 0.2) is 71.2 Å². The minimum absolute atomic E-state index is 0.0426. The average Bonchev–Trinajstić information content (AvgIpc) is 2.61. The summed E-state index contributed by atoms with van der Waals surface area (Å²) in [6.07, 6.45) is 1.71. The Kier molecular flexibility index (Phi) is 4.52. The van der Waals surface area contributed by atoms with Gasteiger partial charge in [0, 0.05) is 17.4 Å². The summed E-state index contributed by atoms with van der Waals surface area (Å²) in [6.45, 7) is 7.57. The van der Waals surface area contributed by atoms with Crippen molar-refractivity contribution in [2.45, 2.75) is 30.2 Å². The van der Waals surface area contributed by atoms with Gasteiger partial charge in [0.05, 0.1) is 16.1 Å². The van der Waals surface area contributed by atoms with E-state index in [1.54, 1.807) is 49.4 Å². The van der Waals surface area contributed by atoms with Gasteiger partial charge in [-0.15, -0.1) is 6.58 Å². The van der Waals surface area contributed by atoms with Crippen LogP contribution in [-0.2, 0) is 10.0 Å². The smallest absolute Gasteiger partial charge is 0.264 e. The van der Waals surface area contributed by atoms with Gasteiger partial charge in [-0.3, -0.25) is 4.31 Å². The molecule has 134 valence electrons. The molecule has 6 nitrogen and oxygen atoms in total. The molecule has 3 rings (SSSR count). The lowest BCUT2D eigenvalue weighted by molar-refractivity contribution is 0.416. The van der Waals surface area contributed by atoms with Crippen LogP contribution >= 0.6 is 0 Å². The van der Waals surface area contributed by atoms with E-state index >= 15 is 0 Å². The Morgan fingerprint density at radius 3 is 2.54 bits per heavy atom. The van der Waals surface area contributed by atoms with Crippen molar-refractivity contribution in [3.8, 4) is 0 Å². The number of fused-ring (bicyclic) bond motifs is 1. The number of benzene rings is 2. The molecule has 1 aliphatic heterocycles. The standard InChI is InChI=1S/C19H20N4O2S/c1-4-17-16-7-5-6-8-18(16)23(13-19(17,3)21-22-20)26(24,25)15-11-9-14(2)10-12-15/h4-12,17H,1,13H2,2-3H3/t17-,19+/m0/s1. The van der Waals surface area contributed by atoms with E-state index in [2.05, 4.69) is 16.6 Å². The number of aryl methyl sites for hydroxylation is 1. The van der Waals surface area contributed by atoms with E-state index in [0.717, 1.165) is 11.1 Å². The third kappa shape index (κ3) is 2.85. The van der Waals surface area contributed by atoms with Crippen molar-refractivity contribution in [2.75, 3.05) is 10.8 Å². The molecular weight excluding hydrogens is 348 g/mol. The highest BCUT2D eigenvalue weighted by Crippen LogP contribution is 2.45. The van der Waals surface area contributed by atoms with E-state index in [4.69, 9.17) is 5.53 Å². The zero-order valence-electron chi connectivity index (χ0n) is 14.7. The molecule has 0 saturated heterocycles. The first kappa shape index (κ1) is 18.0. The fourth-order valence-electron chi connectivity index (χ4n) is 3.42. The molecule has 0 fully saturated rings. The maximum Gasteiger partial charge on any atom is 0.264 e. The molecule has 2 atom stereocenters. The lowest BCUT2D eigenvalue weighted by Crippen LogP contribution is -2.50. The summed E-state index contributed by atoms with van der Waals surface area (Å²) in [5.74, 6) is -0.279. The quantitative estimate of drug-likeness (QED) is 0.343. The predicted octanol–water partition coefficient (Wildman–Crippen LogP) is 4.54. The molecule has 2 aromatic carbocycles. The highest BCUT2D eigenvalue weighted by Gasteiger charge is 2.44. The number of nitrogens with zero attached hydrogens (tertiary/aromatic N) is 4. The van der Waals surface area contributed by atoms with Crippen LogP contribution in [0.25, 0.3) is 10.4 Å². The van der Waals surface area contributed by atoms with Gasteiger partial charge in [-0.2, -0.15) is 0 Å². The van der Waals surface area contributed by atoms with Gasteiger partial charge in [-0.1, -0.05) is 54.0 Å². The summed E-state index contributed by atoms with van der Waals surface area (Å²) in [5.41, 5.74) is 10.4. The topological polar surface area (TPSA) is 86.1 Å².